The second-order valence-corrected chi connectivity index (χ2v) is 5.44. The van der Waals surface area contributed by atoms with E-state index in [0.717, 1.165) is 4.90 Å². The molecule has 1 fully saturated rings. The van der Waals surface area contributed by atoms with Gasteiger partial charge in [0.15, 0.2) is 23.2 Å². The molecule has 1 saturated heterocycles. The summed E-state index contributed by atoms with van der Waals surface area (Å²) in [6.45, 7) is -0.794. The van der Waals surface area contributed by atoms with Crippen molar-refractivity contribution in [2.24, 2.45) is 0 Å². The van der Waals surface area contributed by atoms with Crippen LogP contribution in [0, 0.1) is 0 Å². The highest BCUT2D eigenvalue weighted by Crippen LogP contribution is 2.29. The minimum Gasteiger partial charge on any atom is -0.493 e. The van der Waals surface area contributed by atoms with Crippen molar-refractivity contribution in [3.8, 4) is 11.5 Å². The molecule has 1 aromatic carbocycles. The lowest BCUT2D eigenvalue weighted by molar-refractivity contribution is -0.143. The van der Waals surface area contributed by atoms with Crippen LogP contribution in [0.4, 0.5) is 0 Å². The molecule has 0 atom stereocenters. The second-order valence-electron chi connectivity index (χ2n) is 5.05. The maximum absolute atomic E-state index is 12.3. The van der Waals surface area contributed by atoms with Crippen LogP contribution < -0.4 is 14.8 Å². The van der Waals surface area contributed by atoms with Gasteiger partial charge in [-0.25, -0.2) is 4.79 Å². The highest BCUT2D eigenvalue weighted by molar-refractivity contribution is 7.80. The van der Waals surface area contributed by atoms with Crippen LogP contribution in [-0.4, -0.2) is 60.3 Å². The SMILES string of the molecule is COC(=O)CN1C(=O)/C(=C/c2ccc(OCC(=O)O)c(OC)c2)NC1=S. The van der Waals surface area contributed by atoms with Gasteiger partial charge in [0.05, 0.1) is 14.2 Å². The van der Waals surface area contributed by atoms with E-state index in [1.54, 1.807) is 12.1 Å². The number of methoxy groups -OCH3 is 2. The lowest BCUT2D eigenvalue weighted by Gasteiger charge is -2.11. The molecule has 2 rings (SSSR count). The molecule has 0 aromatic heterocycles. The fourth-order valence-electron chi connectivity index (χ4n) is 2.11. The van der Waals surface area contributed by atoms with E-state index < -0.39 is 24.5 Å². The smallest absolute Gasteiger partial charge is 0.341 e. The Hall–Kier alpha value is -3.14. The predicted octanol–water partition coefficient (Wildman–Crippen LogP) is 0.389. The molecule has 2 N–H and O–H groups in total. The number of benzene rings is 1. The van der Waals surface area contributed by atoms with E-state index in [1.165, 1.54) is 26.4 Å². The van der Waals surface area contributed by atoms with E-state index in [-0.39, 0.29) is 23.1 Å². The van der Waals surface area contributed by atoms with Crippen LogP contribution in [-0.2, 0) is 19.1 Å². The van der Waals surface area contributed by atoms with Crippen molar-refractivity contribution >= 4 is 41.3 Å². The van der Waals surface area contributed by atoms with Gasteiger partial charge in [-0.15, -0.1) is 0 Å². The lowest BCUT2D eigenvalue weighted by atomic mass is 10.1. The molecule has 1 aliphatic rings. The van der Waals surface area contributed by atoms with Crippen LogP contribution in [0.25, 0.3) is 6.08 Å². The molecule has 0 spiro atoms. The fourth-order valence-corrected chi connectivity index (χ4v) is 2.37. The molecule has 1 heterocycles. The number of esters is 1. The van der Waals surface area contributed by atoms with E-state index >= 15 is 0 Å². The number of carboxylic acids is 1. The quantitative estimate of drug-likeness (QED) is 0.394. The fraction of sp³-hybridized carbons (Fsp3) is 0.250. The Morgan fingerprint density at radius 1 is 1.31 bits per heavy atom. The predicted molar refractivity (Wildman–Crippen MR) is 93.6 cm³/mol. The summed E-state index contributed by atoms with van der Waals surface area (Å²) in [6.07, 6.45) is 1.52. The summed E-state index contributed by atoms with van der Waals surface area (Å²) in [5.41, 5.74) is 0.767. The van der Waals surface area contributed by atoms with Gasteiger partial charge in [-0.3, -0.25) is 14.5 Å². The van der Waals surface area contributed by atoms with Crippen LogP contribution in [0.3, 0.4) is 0 Å². The third-order valence-electron chi connectivity index (χ3n) is 3.33. The highest BCUT2D eigenvalue weighted by atomic mass is 32.1. The van der Waals surface area contributed by atoms with E-state index in [1.807, 2.05) is 0 Å². The van der Waals surface area contributed by atoms with Crippen LogP contribution >= 0.6 is 12.2 Å². The number of hydrogen-bond donors (Lipinski definition) is 2. The molecule has 0 aliphatic carbocycles. The Bertz CT molecular complexity index is 791. The first kappa shape index (κ1) is 19.2. The molecule has 1 aromatic rings. The lowest BCUT2D eigenvalue weighted by Crippen LogP contribution is -2.35. The zero-order valence-corrected chi connectivity index (χ0v) is 14.8. The van der Waals surface area contributed by atoms with Crippen molar-refractivity contribution in [1.29, 1.82) is 0 Å². The Kier molecular flexibility index (Phi) is 6.12. The van der Waals surface area contributed by atoms with E-state index in [0.29, 0.717) is 11.3 Å². The number of carboxylic acid groups (broad SMARTS) is 1. The first-order chi connectivity index (χ1) is 12.3. The number of ether oxygens (including phenoxy) is 3. The molecular formula is C16H16N2O7S. The minimum absolute atomic E-state index is 0.0972. The number of carbonyl (C=O) groups is 3. The molecule has 1 aliphatic heterocycles. The third kappa shape index (κ3) is 4.48. The van der Waals surface area contributed by atoms with Crippen molar-refractivity contribution in [3.05, 3.63) is 29.5 Å². The van der Waals surface area contributed by atoms with E-state index in [2.05, 4.69) is 10.1 Å². The summed E-state index contributed by atoms with van der Waals surface area (Å²) in [5, 5.41) is 11.5. The zero-order chi connectivity index (χ0) is 19.3. The van der Waals surface area contributed by atoms with Gasteiger partial charge >= 0.3 is 11.9 Å². The number of thiocarbonyl (C=S) groups is 1. The number of rotatable bonds is 7. The van der Waals surface area contributed by atoms with Crippen molar-refractivity contribution in [2.75, 3.05) is 27.4 Å². The number of aliphatic carboxylic acids is 1. The summed E-state index contributed by atoms with van der Waals surface area (Å²) in [6, 6.07) is 4.72. The summed E-state index contributed by atoms with van der Waals surface area (Å²) in [4.78, 5) is 35.4. The van der Waals surface area contributed by atoms with Gasteiger partial charge in [0, 0.05) is 0 Å². The number of amides is 1. The average molecular weight is 380 g/mol. The zero-order valence-electron chi connectivity index (χ0n) is 14.0. The van der Waals surface area contributed by atoms with Gasteiger partial charge in [0.1, 0.15) is 12.2 Å². The Balaban J connectivity index is 2.21. The molecule has 0 radical (unpaired) electrons. The Labute approximate surface area is 154 Å². The molecule has 138 valence electrons. The van der Waals surface area contributed by atoms with Crippen molar-refractivity contribution in [3.63, 3.8) is 0 Å². The van der Waals surface area contributed by atoms with Gasteiger partial charge in [-0.2, -0.15) is 0 Å². The van der Waals surface area contributed by atoms with Crippen LogP contribution in [0.5, 0.6) is 11.5 Å². The van der Waals surface area contributed by atoms with Crippen molar-refractivity contribution in [1.82, 2.24) is 10.2 Å². The first-order valence-corrected chi connectivity index (χ1v) is 7.70. The molecule has 0 bridgehead atoms. The van der Waals surface area contributed by atoms with Gasteiger partial charge in [0.2, 0.25) is 0 Å². The Morgan fingerprint density at radius 3 is 2.65 bits per heavy atom. The number of hydrogen-bond acceptors (Lipinski definition) is 7. The average Bonchev–Trinajstić information content (AvgIpc) is 2.87. The maximum Gasteiger partial charge on any atom is 0.341 e. The van der Waals surface area contributed by atoms with Crippen molar-refractivity contribution < 1.29 is 33.7 Å². The maximum atomic E-state index is 12.3. The number of nitrogens with one attached hydrogen (secondary N) is 1. The van der Waals surface area contributed by atoms with E-state index in [4.69, 9.17) is 26.8 Å². The van der Waals surface area contributed by atoms with Crippen LogP contribution in [0.2, 0.25) is 0 Å². The first-order valence-electron chi connectivity index (χ1n) is 7.29. The normalized spacial score (nSPS) is 15.0. The van der Waals surface area contributed by atoms with Gasteiger partial charge in [-0.1, -0.05) is 6.07 Å². The van der Waals surface area contributed by atoms with E-state index in [9.17, 15) is 14.4 Å². The molecule has 10 heteroatoms. The summed E-state index contributed by atoms with van der Waals surface area (Å²) < 4.78 is 14.8. The number of carbonyl (C=O) groups excluding carboxylic acids is 2. The number of nitrogens with zero attached hydrogens (tertiary/aromatic N) is 1. The summed E-state index contributed by atoms with van der Waals surface area (Å²) in [7, 11) is 2.63. The molecule has 1 amide bonds. The Morgan fingerprint density at radius 2 is 2.04 bits per heavy atom. The minimum atomic E-state index is -1.11. The standard InChI is InChI=1S/C16H16N2O7S/c1-23-12-6-9(3-4-11(12)25-8-13(19)20)5-10-15(22)18(16(26)17-10)7-14(21)24-2/h3-6H,7-8H2,1-2H3,(H,17,26)(H,19,20)/b10-5-. The molecule has 9 nitrogen and oxygen atoms in total. The molecule has 0 unspecified atom stereocenters. The van der Waals surface area contributed by atoms with Crippen LogP contribution in [0.1, 0.15) is 5.56 Å². The monoisotopic (exact) mass is 380 g/mol. The molecular weight excluding hydrogens is 364 g/mol. The van der Waals surface area contributed by atoms with Crippen LogP contribution in [0.15, 0.2) is 23.9 Å². The third-order valence-corrected chi connectivity index (χ3v) is 3.65. The largest absolute Gasteiger partial charge is 0.493 e. The second kappa shape index (κ2) is 8.30. The molecule has 26 heavy (non-hydrogen) atoms. The topological polar surface area (TPSA) is 114 Å². The van der Waals surface area contributed by atoms with Gasteiger partial charge in [0.25, 0.3) is 5.91 Å². The summed E-state index contributed by atoms with van der Waals surface area (Å²) >= 11 is 5.05. The van der Waals surface area contributed by atoms with Crippen molar-refractivity contribution in [2.45, 2.75) is 0 Å². The van der Waals surface area contributed by atoms with Gasteiger partial charge < -0.3 is 24.6 Å². The van der Waals surface area contributed by atoms with Gasteiger partial charge in [-0.05, 0) is 36.0 Å². The highest BCUT2D eigenvalue weighted by Gasteiger charge is 2.32. The molecule has 0 saturated carbocycles. The summed E-state index contributed by atoms with van der Waals surface area (Å²) in [5.74, 6) is -1.61.